The summed E-state index contributed by atoms with van der Waals surface area (Å²) < 4.78 is 0. The molecule has 0 rings (SSSR count). The second-order valence-electron chi connectivity index (χ2n) is 1.65. The zero-order valence-corrected chi connectivity index (χ0v) is 5.64. The number of nitrogens with zero attached hydrogens (tertiary/aromatic N) is 2. The molecule has 0 heterocycles. The molecule has 0 aliphatic carbocycles. The van der Waals surface area contributed by atoms with Gasteiger partial charge in [-0.3, -0.25) is 4.79 Å². The van der Waals surface area contributed by atoms with Gasteiger partial charge in [0, 0.05) is 0 Å². The summed E-state index contributed by atoms with van der Waals surface area (Å²) in [6.45, 7) is 0. The average Bonchev–Trinajstić information content (AvgIpc) is 1.86. The summed E-state index contributed by atoms with van der Waals surface area (Å²) in [6.07, 6.45) is 0.919. The molecule has 0 aromatic rings. The molecule has 7 nitrogen and oxygen atoms in total. The van der Waals surface area contributed by atoms with Gasteiger partial charge in [0.05, 0.1) is 6.21 Å². The summed E-state index contributed by atoms with van der Waals surface area (Å²) in [4.78, 5) is 10.0. The molecule has 0 fully saturated rings. The summed E-state index contributed by atoms with van der Waals surface area (Å²) in [6, 6.07) is -1.18. The Kier molecular flexibility index (Phi) is 3.60. The van der Waals surface area contributed by atoms with Crippen LogP contribution in [0.15, 0.2) is 10.2 Å². The normalized spacial score (nSPS) is 12.8. The third-order valence-electron chi connectivity index (χ3n) is 0.686. The molecule has 0 aromatic heterocycles. The fourth-order valence-corrected chi connectivity index (χ4v) is 0.236. The van der Waals surface area contributed by atoms with E-state index in [4.69, 9.17) is 22.3 Å². The van der Waals surface area contributed by atoms with Crippen molar-refractivity contribution >= 4 is 18.1 Å². The topological polar surface area (TPSA) is 140 Å². The van der Waals surface area contributed by atoms with Gasteiger partial charge in [0.15, 0.2) is 0 Å². The molecule has 7 heteroatoms. The van der Waals surface area contributed by atoms with E-state index in [-0.39, 0.29) is 5.96 Å². The first kappa shape index (κ1) is 9.37. The summed E-state index contributed by atoms with van der Waals surface area (Å²) in [5.74, 6) is -1.45. The number of aliphatic carboxylic acids is 1. The SMILES string of the molecule is NC(N)=NN=CC(N)C(=O)O. The van der Waals surface area contributed by atoms with Crippen LogP contribution in [0.1, 0.15) is 0 Å². The Morgan fingerprint density at radius 2 is 2.09 bits per heavy atom. The van der Waals surface area contributed by atoms with Crippen LogP contribution in [0, 0.1) is 0 Å². The van der Waals surface area contributed by atoms with Crippen molar-refractivity contribution in [1.82, 2.24) is 0 Å². The zero-order valence-electron chi connectivity index (χ0n) is 5.64. The molecule has 0 bridgehead atoms. The van der Waals surface area contributed by atoms with Gasteiger partial charge in [0.1, 0.15) is 6.04 Å². The first-order chi connectivity index (χ1) is 5.04. The number of guanidine groups is 1. The highest BCUT2D eigenvalue weighted by atomic mass is 16.4. The van der Waals surface area contributed by atoms with Crippen molar-refractivity contribution in [3.05, 3.63) is 0 Å². The summed E-state index contributed by atoms with van der Waals surface area (Å²) in [5, 5.41) is 14.6. The Bertz CT molecular complexity index is 195. The van der Waals surface area contributed by atoms with Crippen LogP contribution in [0.2, 0.25) is 0 Å². The highest BCUT2D eigenvalue weighted by Gasteiger charge is 2.06. The lowest BCUT2D eigenvalue weighted by molar-refractivity contribution is -0.136. The highest BCUT2D eigenvalue weighted by molar-refractivity contribution is 5.92. The summed E-state index contributed by atoms with van der Waals surface area (Å²) in [5.41, 5.74) is 14.8. The summed E-state index contributed by atoms with van der Waals surface area (Å²) in [7, 11) is 0. The van der Waals surface area contributed by atoms with Crippen LogP contribution in [-0.4, -0.2) is 29.3 Å². The van der Waals surface area contributed by atoms with Gasteiger partial charge in [0.2, 0.25) is 5.96 Å². The Balaban J connectivity index is 3.94. The van der Waals surface area contributed by atoms with Crippen molar-refractivity contribution in [1.29, 1.82) is 0 Å². The second-order valence-corrected chi connectivity index (χ2v) is 1.65. The third-order valence-corrected chi connectivity index (χ3v) is 0.686. The lowest BCUT2D eigenvalue weighted by Crippen LogP contribution is -2.31. The molecule has 0 saturated heterocycles. The first-order valence-electron chi connectivity index (χ1n) is 2.64. The van der Waals surface area contributed by atoms with Crippen molar-refractivity contribution in [2.75, 3.05) is 0 Å². The molecule has 1 unspecified atom stereocenters. The van der Waals surface area contributed by atoms with E-state index in [1.165, 1.54) is 0 Å². The predicted molar refractivity (Wildman–Crippen MR) is 39.9 cm³/mol. The van der Waals surface area contributed by atoms with Crippen molar-refractivity contribution in [3.63, 3.8) is 0 Å². The van der Waals surface area contributed by atoms with Crippen molar-refractivity contribution in [2.24, 2.45) is 27.4 Å². The zero-order chi connectivity index (χ0) is 8.85. The van der Waals surface area contributed by atoms with Crippen molar-refractivity contribution < 1.29 is 9.90 Å². The van der Waals surface area contributed by atoms with E-state index in [2.05, 4.69) is 10.2 Å². The smallest absolute Gasteiger partial charge is 0.326 e. The molecule has 0 aromatic carbocycles. The lowest BCUT2D eigenvalue weighted by Gasteiger charge is -1.93. The molecule has 11 heavy (non-hydrogen) atoms. The van der Waals surface area contributed by atoms with Gasteiger partial charge in [-0.1, -0.05) is 0 Å². The van der Waals surface area contributed by atoms with Gasteiger partial charge in [-0.2, -0.15) is 5.10 Å². The van der Waals surface area contributed by atoms with Crippen LogP contribution >= 0.6 is 0 Å². The fourth-order valence-electron chi connectivity index (χ4n) is 0.236. The Morgan fingerprint density at radius 3 is 2.45 bits per heavy atom. The quantitative estimate of drug-likeness (QED) is 0.207. The maximum atomic E-state index is 10.0. The molecule has 0 amide bonds. The minimum Gasteiger partial charge on any atom is -0.480 e. The van der Waals surface area contributed by atoms with Crippen molar-refractivity contribution in [2.45, 2.75) is 6.04 Å². The molecule has 7 N–H and O–H groups in total. The van der Waals surface area contributed by atoms with Crippen LogP contribution in [0.4, 0.5) is 0 Å². The largest absolute Gasteiger partial charge is 0.480 e. The molecular formula is C4H9N5O2. The third kappa shape index (κ3) is 4.85. The average molecular weight is 159 g/mol. The number of hydrogen-bond donors (Lipinski definition) is 4. The molecule has 0 spiro atoms. The minimum absolute atomic E-state index is 0.251. The Morgan fingerprint density at radius 1 is 1.55 bits per heavy atom. The molecular weight excluding hydrogens is 150 g/mol. The van der Waals surface area contributed by atoms with E-state index >= 15 is 0 Å². The monoisotopic (exact) mass is 159 g/mol. The number of carbonyl (C=O) groups is 1. The standard InChI is InChI=1S/C4H9N5O2/c5-2(3(10)11)1-8-9-4(6)7/h1-2H,5H2,(H,10,11)(H4,6,7,9). The van der Waals surface area contributed by atoms with E-state index in [9.17, 15) is 4.79 Å². The fraction of sp³-hybridized carbons (Fsp3) is 0.250. The van der Waals surface area contributed by atoms with Gasteiger partial charge in [-0.25, -0.2) is 0 Å². The van der Waals surface area contributed by atoms with Gasteiger partial charge >= 0.3 is 5.97 Å². The predicted octanol–water partition coefficient (Wildman–Crippen LogP) is -2.34. The molecule has 0 aliphatic heterocycles. The lowest BCUT2D eigenvalue weighted by atomic mass is 10.4. The Hall–Kier alpha value is -1.63. The van der Waals surface area contributed by atoms with E-state index in [0.29, 0.717) is 0 Å². The van der Waals surface area contributed by atoms with Gasteiger partial charge in [-0.15, -0.1) is 5.10 Å². The number of hydrogen-bond acceptors (Lipinski definition) is 4. The van der Waals surface area contributed by atoms with Gasteiger partial charge in [0.25, 0.3) is 0 Å². The first-order valence-corrected chi connectivity index (χ1v) is 2.64. The van der Waals surface area contributed by atoms with Crippen LogP contribution < -0.4 is 17.2 Å². The minimum atomic E-state index is -1.19. The Labute approximate surface area is 62.6 Å². The van der Waals surface area contributed by atoms with Gasteiger partial charge < -0.3 is 22.3 Å². The van der Waals surface area contributed by atoms with Gasteiger partial charge in [-0.05, 0) is 0 Å². The maximum absolute atomic E-state index is 10.0. The number of carboxylic acids is 1. The van der Waals surface area contributed by atoms with E-state index < -0.39 is 12.0 Å². The molecule has 1 atom stereocenters. The molecule has 0 radical (unpaired) electrons. The van der Waals surface area contributed by atoms with Crippen LogP contribution in [0.3, 0.4) is 0 Å². The highest BCUT2D eigenvalue weighted by Crippen LogP contribution is 1.74. The van der Waals surface area contributed by atoms with Crippen LogP contribution in [0.25, 0.3) is 0 Å². The molecule has 62 valence electrons. The van der Waals surface area contributed by atoms with E-state index in [0.717, 1.165) is 6.21 Å². The number of carboxylic acid groups (broad SMARTS) is 1. The van der Waals surface area contributed by atoms with Crippen LogP contribution in [0.5, 0.6) is 0 Å². The number of rotatable bonds is 3. The van der Waals surface area contributed by atoms with Crippen LogP contribution in [-0.2, 0) is 4.79 Å². The van der Waals surface area contributed by atoms with E-state index in [1.807, 2.05) is 0 Å². The maximum Gasteiger partial charge on any atom is 0.326 e. The van der Waals surface area contributed by atoms with Crippen molar-refractivity contribution in [3.8, 4) is 0 Å². The molecule has 0 aliphatic rings. The van der Waals surface area contributed by atoms with E-state index in [1.54, 1.807) is 0 Å². The molecule has 0 saturated carbocycles. The second kappa shape index (κ2) is 4.23. The summed E-state index contributed by atoms with van der Waals surface area (Å²) >= 11 is 0. The number of nitrogens with two attached hydrogens (primary N) is 3.